The van der Waals surface area contributed by atoms with Gasteiger partial charge in [-0.2, -0.15) is 0 Å². The van der Waals surface area contributed by atoms with E-state index >= 15 is 0 Å². The number of guanidine groups is 1. The average molecular weight is 352 g/mol. The van der Waals surface area contributed by atoms with E-state index in [1.165, 1.54) is 30.6 Å². The van der Waals surface area contributed by atoms with Gasteiger partial charge < -0.3 is 15.4 Å². The van der Waals surface area contributed by atoms with Gasteiger partial charge in [0, 0.05) is 37.7 Å². The topological polar surface area (TPSA) is 45.7 Å². The van der Waals surface area contributed by atoms with Crippen molar-refractivity contribution in [2.24, 2.45) is 10.4 Å². The van der Waals surface area contributed by atoms with E-state index < -0.39 is 0 Å². The lowest BCUT2D eigenvalue weighted by Gasteiger charge is -2.27. The molecule has 0 bridgehead atoms. The monoisotopic (exact) mass is 351 g/mol. The molecular formula is C19H33N3OS. The van der Waals surface area contributed by atoms with Crippen molar-refractivity contribution in [1.82, 2.24) is 10.6 Å². The molecule has 1 aromatic rings. The van der Waals surface area contributed by atoms with E-state index in [9.17, 15) is 0 Å². The van der Waals surface area contributed by atoms with Crippen LogP contribution in [-0.2, 0) is 11.2 Å². The summed E-state index contributed by atoms with van der Waals surface area (Å²) in [5.41, 5.74) is 0.352. The van der Waals surface area contributed by atoms with E-state index in [0.717, 1.165) is 51.6 Å². The van der Waals surface area contributed by atoms with E-state index in [0.29, 0.717) is 5.41 Å². The number of nitrogens with zero attached hydrogens (tertiary/aromatic N) is 1. The number of nitrogens with one attached hydrogen (secondary N) is 2. The normalized spacial score (nSPS) is 17.2. The minimum atomic E-state index is 0.352. The third-order valence-corrected chi connectivity index (χ3v) is 5.74. The number of hydrogen-bond acceptors (Lipinski definition) is 3. The Morgan fingerprint density at radius 1 is 1.29 bits per heavy atom. The second-order valence-electron chi connectivity index (χ2n) is 6.61. The van der Waals surface area contributed by atoms with Crippen molar-refractivity contribution in [3.8, 4) is 0 Å². The van der Waals surface area contributed by atoms with Crippen LogP contribution in [-0.4, -0.2) is 38.8 Å². The van der Waals surface area contributed by atoms with Gasteiger partial charge in [0.1, 0.15) is 0 Å². The largest absolute Gasteiger partial charge is 0.382 e. The van der Waals surface area contributed by atoms with Crippen molar-refractivity contribution in [3.63, 3.8) is 0 Å². The third kappa shape index (κ3) is 6.44. The zero-order valence-corrected chi connectivity index (χ0v) is 16.1. The van der Waals surface area contributed by atoms with Gasteiger partial charge in [0.2, 0.25) is 0 Å². The summed E-state index contributed by atoms with van der Waals surface area (Å²) in [7, 11) is 0. The molecule has 0 unspecified atom stereocenters. The van der Waals surface area contributed by atoms with Gasteiger partial charge in [-0.05, 0) is 56.4 Å². The van der Waals surface area contributed by atoms with Crippen LogP contribution in [0.25, 0.3) is 0 Å². The fraction of sp³-hybridized carbons (Fsp3) is 0.737. The van der Waals surface area contributed by atoms with Crippen LogP contribution in [0.1, 0.15) is 50.8 Å². The van der Waals surface area contributed by atoms with Gasteiger partial charge in [-0.15, -0.1) is 11.3 Å². The number of rotatable bonds is 10. The summed E-state index contributed by atoms with van der Waals surface area (Å²) in [6.07, 6.45) is 7.45. The van der Waals surface area contributed by atoms with E-state index in [1.807, 2.05) is 11.3 Å². The highest BCUT2D eigenvalue weighted by molar-refractivity contribution is 7.09. The summed E-state index contributed by atoms with van der Waals surface area (Å²) in [5.74, 6) is 0.955. The van der Waals surface area contributed by atoms with Crippen LogP contribution in [0, 0.1) is 5.41 Å². The van der Waals surface area contributed by atoms with Crippen molar-refractivity contribution in [3.05, 3.63) is 22.4 Å². The molecule has 0 amide bonds. The van der Waals surface area contributed by atoms with E-state index in [2.05, 4.69) is 42.0 Å². The first-order valence-corrected chi connectivity index (χ1v) is 10.3. The summed E-state index contributed by atoms with van der Waals surface area (Å²) in [5, 5.41) is 9.00. The lowest BCUT2D eigenvalue weighted by atomic mass is 9.83. The van der Waals surface area contributed by atoms with Crippen molar-refractivity contribution >= 4 is 17.3 Å². The first-order valence-electron chi connectivity index (χ1n) is 9.40. The Kier molecular flexibility index (Phi) is 8.60. The van der Waals surface area contributed by atoms with Crippen LogP contribution in [0.5, 0.6) is 0 Å². The molecule has 5 heteroatoms. The molecule has 1 aromatic heterocycles. The molecule has 1 heterocycles. The molecule has 24 heavy (non-hydrogen) atoms. The Morgan fingerprint density at radius 3 is 2.79 bits per heavy atom. The molecule has 2 N–H and O–H groups in total. The fourth-order valence-corrected chi connectivity index (χ4v) is 4.10. The highest BCUT2D eigenvalue weighted by Crippen LogP contribution is 2.41. The Bertz CT molecular complexity index is 467. The van der Waals surface area contributed by atoms with Gasteiger partial charge in [0.25, 0.3) is 0 Å². The van der Waals surface area contributed by atoms with Crippen LogP contribution in [0.2, 0.25) is 0 Å². The van der Waals surface area contributed by atoms with Crippen LogP contribution in [0.3, 0.4) is 0 Å². The number of hydrogen-bond donors (Lipinski definition) is 2. The van der Waals surface area contributed by atoms with Gasteiger partial charge in [0.15, 0.2) is 5.96 Å². The first kappa shape index (κ1) is 19.3. The Balaban J connectivity index is 1.84. The minimum absolute atomic E-state index is 0.352. The Morgan fingerprint density at radius 2 is 2.12 bits per heavy atom. The van der Waals surface area contributed by atoms with Crippen molar-refractivity contribution in [2.45, 2.75) is 52.4 Å². The first-order chi connectivity index (χ1) is 11.8. The van der Waals surface area contributed by atoms with E-state index in [-0.39, 0.29) is 0 Å². The van der Waals surface area contributed by atoms with Crippen molar-refractivity contribution in [2.75, 3.05) is 32.8 Å². The second-order valence-corrected chi connectivity index (χ2v) is 7.64. The number of thiophene rings is 1. The highest BCUT2D eigenvalue weighted by atomic mass is 32.1. The molecule has 2 rings (SSSR count). The maximum atomic E-state index is 5.60. The van der Waals surface area contributed by atoms with Gasteiger partial charge in [-0.25, -0.2) is 0 Å². The maximum absolute atomic E-state index is 5.60. The molecule has 0 saturated heterocycles. The lowest BCUT2D eigenvalue weighted by molar-refractivity contribution is 0.107. The smallest absolute Gasteiger partial charge is 0.191 e. The molecule has 1 fully saturated rings. The molecule has 4 nitrogen and oxygen atoms in total. The molecular weight excluding hydrogens is 318 g/mol. The number of aliphatic imine (C=N–C) groups is 1. The van der Waals surface area contributed by atoms with E-state index in [4.69, 9.17) is 9.73 Å². The van der Waals surface area contributed by atoms with E-state index in [1.54, 1.807) is 0 Å². The molecule has 0 spiro atoms. The lowest BCUT2D eigenvalue weighted by Crippen LogP contribution is -2.39. The second kappa shape index (κ2) is 10.7. The summed E-state index contributed by atoms with van der Waals surface area (Å²) >= 11 is 1.82. The highest BCUT2D eigenvalue weighted by Gasteiger charge is 2.33. The van der Waals surface area contributed by atoms with Gasteiger partial charge in [0.05, 0.1) is 0 Å². The predicted molar refractivity (Wildman–Crippen MR) is 104 cm³/mol. The van der Waals surface area contributed by atoms with Crippen LogP contribution >= 0.6 is 11.3 Å². The molecule has 0 atom stereocenters. The standard InChI is InChI=1S/C19H33N3OS/c1-3-20-18(21-13-9-17-8-7-15-24-17)22-16-19(10-5-6-11-19)12-14-23-4-2/h7-8,15H,3-6,9-14,16H2,1-2H3,(H2,20,21,22). The summed E-state index contributed by atoms with van der Waals surface area (Å²) in [4.78, 5) is 6.33. The Labute approximate surface area is 151 Å². The minimum Gasteiger partial charge on any atom is -0.382 e. The molecule has 136 valence electrons. The molecule has 0 aromatic carbocycles. The molecule has 1 saturated carbocycles. The summed E-state index contributed by atoms with van der Waals surface area (Å²) in [6, 6.07) is 4.30. The summed E-state index contributed by atoms with van der Waals surface area (Å²) in [6.45, 7) is 8.61. The zero-order valence-electron chi connectivity index (χ0n) is 15.3. The fourth-order valence-electron chi connectivity index (χ4n) is 3.39. The zero-order chi connectivity index (χ0) is 17.1. The van der Waals surface area contributed by atoms with Crippen LogP contribution in [0.15, 0.2) is 22.5 Å². The Hall–Kier alpha value is -1.07. The molecule has 1 aliphatic rings. The van der Waals surface area contributed by atoms with Crippen molar-refractivity contribution in [1.29, 1.82) is 0 Å². The van der Waals surface area contributed by atoms with Crippen LogP contribution in [0.4, 0.5) is 0 Å². The quantitative estimate of drug-likeness (QED) is 0.382. The molecule has 0 radical (unpaired) electrons. The SMILES string of the molecule is CCNC(=NCC1(CCOCC)CCCC1)NCCc1cccs1. The van der Waals surface area contributed by atoms with Gasteiger partial charge >= 0.3 is 0 Å². The van der Waals surface area contributed by atoms with Crippen molar-refractivity contribution < 1.29 is 4.74 Å². The predicted octanol–water partition coefficient (Wildman–Crippen LogP) is 3.83. The molecule has 0 aliphatic heterocycles. The maximum Gasteiger partial charge on any atom is 0.191 e. The van der Waals surface area contributed by atoms with Crippen LogP contribution < -0.4 is 10.6 Å². The summed E-state index contributed by atoms with van der Waals surface area (Å²) < 4.78 is 5.60. The average Bonchev–Trinajstić information content (AvgIpc) is 3.25. The third-order valence-electron chi connectivity index (χ3n) is 4.81. The van der Waals surface area contributed by atoms with Gasteiger partial charge in [-0.1, -0.05) is 18.9 Å². The molecule has 1 aliphatic carbocycles. The number of ether oxygens (including phenoxy) is 1. The van der Waals surface area contributed by atoms with Gasteiger partial charge in [-0.3, -0.25) is 4.99 Å².